The molecular formula is C16H31NO. The highest BCUT2D eigenvalue weighted by Crippen LogP contribution is 2.42. The molecule has 0 radical (unpaired) electrons. The molecule has 0 aliphatic heterocycles. The van der Waals surface area contributed by atoms with Crippen LogP contribution in [-0.2, 0) is 4.74 Å². The van der Waals surface area contributed by atoms with Gasteiger partial charge in [-0.2, -0.15) is 0 Å². The molecule has 2 rings (SSSR count). The molecule has 0 aromatic rings. The van der Waals surface area contributed by atoms with Gasteiger partial charge in [-0.25, -0.2) is 0 Å². The Kier molecular flexibility index (Phi) is 5.08. The van der Waals surface area contributed by atoms with E-state index in [1.165, 1.54) is 44.9 Å². The quantitative estimate of drug-likeness (QED) is 0.728. The Balaban J connectivity index is 1.79. The minimum Gasteiger partial charge on any atom is -0.372 e. The predicted octanol–water partition coefficient (Wildman–Crippen LogP) is 3.75. The van der Waals surface area contributed by atoms with E-state index in [2.05, 4.69) is 26.1 Å². The van der Waals surface area contributed by atoms with Gasteiger partial charge in [0.2, 0.25) is 0 Å². The Morgan fingerprint density at radius 2 is 1.94 bits per heavy atom. The SMILES string of the molecule is CCNCCC1(OC2CCC(C)C(C)C2)CCC1. The minimum absolute atomic E-state index is 0.243. The lowest BCUT2D eigenvalue weighted by molar-refractivity contribution is -0.158. The van der Waals surface area contributed by atoms with Gasteiger partial charge in [0.05, 0.1) is 11.7 Å². The molecule has 3 atom stereocenters. The summed E-state index contributed by atoms with van der Waals surface area (Å²) in [6.07, 6.45) is 9.62. The van der Waals surface area contributed by atoms with Crippen LogP contribution in [-0.4, -0.2) is 24.8 Å². The third-order valence-corrected chi connectivity index (χ3v) is 5.24. The third-order valence-electron chi connectivity index (χ3n) is 5.24. The van der Waals surface area contributed by atoms with Crippen LogP contribution in [0.3, 0.4) is 0 Å². The molecular weight excluding hydrogens is 222 g/mol. The summed E-state index contributed by atoms with van der Waals surface area (Å²) < 4.78 is 6.54. The van der Waals surface area contributed by atoms with Crippen molar-refractivity contribution in [3.8, 4) is 0 Å². The Hall–Kier alpha value is -0.0800. The zero-order chi connectivity index (χ0) is 13.0. The zero-order valence-corrected chi connectivity index (χ0v) is 12.5. The molecule has 0 saturated heterocycles. The van der Waals surface area contributed by atoms with Crippen LogP contribution in [0.1, 0.15) is 65.7 Å². The maximum Gasteiger partial charge on any atom is 0.0698 e. The van der Waals surface area contributed by atoms with Crippen LogP contribution < -0.4 is 5.32 Å². The number of ether oxygens (including phenoxy) is 1. The first-order valence-electron chi connectivity index (χ1n) is 8.04. The first-order valence-corrected chi connectivity index (χ1v) is 8.04. The van der Waals surface area contributed by atoms with Crippen molar-refractivity contribution in [2.45, 2.75) is 77.4 Å². The van der Waals surface area contributed by atoms with Gasteiger partial charge in [0.1, 0.15) is 0 Å². The fourth-order valence-corrected chi connectivity index (χ4v) is 3.45. The molecule has 0 amide bonds. The summed E-state index contributed by atoms with van der Waals surface area (Å²) >= 11 is 0. The largest absolute Gasteiger partial charge is 0.372 e. The van der Waals surface area contributed by atoms with Gasteiger partial charge >= 0.3 is 0 Å². The summed E-state index contributed by atoms with van der Waals surface area (Å²) in [6.45, 7) is 9.17. The molecule has 18 heavy (non-hydrogen) atoms. The number of hydrogen-bond acceptors (Lipinski definition) is 2. The molecule has 2 heteroatoms. The fourth-order valence-electron chi connectivity index (χ4n) is 3.45. The van der Waals surface area contributed by atoms with Crippen molar-refractivity contribution < 1.29 is 4.74 Å². The molecule has 106 valence electrons. The first kappa shape index (κ1) is 14.3. The number of nitrogens with one attached hydrogen (secondary N) is 1. The maximum absolute atomic E-state index is 6.54. The predicted molar refractivity (Wildman–Crippen MR) is 76.8 cm³/mol. The second-order valence-electron chi connectivity index (χ2n) is 6.65. The van der Waals surface area contributed by atoms with Gasteiger partial charge in [0.25, 0.3) is 0 Å². The van der Waals surface area contributed by atoms with Crippen LogP contribution in [0.4, 0.5) is 0 Å². The topological polar surface area (TPSA) is 21.3 Å². The summed E-state index contributed by atoms with van der Waals surface area (Å²) in [5.41, 5.74) is 0.243. The van der Waals surface area contributed by atoms with Gasteiger partial charge in [0.15, 0.2) is 0 Å². The van der Waals surface area contributed by atoms with Crippen molar-refractivity contribution in [3.05, 3.63) is 0 Å². The van der Waals surface area contributed by atoms with E-state index in [-0.39, 0.29) is 5.60 Å². The summed E-state index contributed by atoms with van der Waals surface area (Å²) in [7, 11) is 0. The Morgan fingerprint density at radius 3 is 2.50 bits per heavy atom. The van der Waals surface area contributed by atoms with Crippen LogP contribution in [0.2, 0.25) is 0 Å². The second-order valence-corrected chi connectivity index (χ2v) is 6.65. The van der Waals surface area contributed by atoms with Gasteiger partial charge < -0.3 is 10.1 Å². The average molecular weight is 253 g/mol. The van der Waals surface area contributed by atoms with E-state index in [0.29, 0.717) is 6.10 Å². The second kappa shape index (κ2) is 6.38. The highest BCUT2D eigenvalue weighted by molar-refractivity contribution is 4.92. The van der Waals surface area contributed by atoms with Gasteiger partial charge in [-0.3, -0.25) is 0 Å². The smallest absolute Gasteiger partial charge is 0.0698 e. The van der Waals surface area contributed by atoms with Crippen LogP contribution in [0, 0.1) is 11.8 Å². The van der Waals surface area contributed by atoms with E-state index in [4.69, 9.17) is 4.74 Å². The monoisotopic (exact) mass is 253 g/mol. The van der Waals surface area contributed by atoms with Crippen LogP contribution in [0.25, 0.3) is 0 Å². The van der Waals surface area contributed by atoms with Gasteiger partial charge in [-0.05, 0) is 69.9 Å². The third kappa shape index (κ3) is 3.48. The molecule has 0 spiro atoms. The van der Waals surface area contributed by atoms with Crippen molar-refractivity contribution in [1.82, 2.24) is 5.32 Å². The number of hydrogen-bond donors (Lipinski definition) is 1. The Morgan fingerprint density at radius 1 is 1.17 bits per heavy atom. The molecule has 2 saturated carbocycles. The van der Waals surface area contributed by atoms with E-state index in [1.807, 2.05) is 0 Å². The van der Waals surface area contributed by atoms with Gasteiger partial charge in [0, 0.05) is 0 Å². The lowest BCUT2D eigenvalue weighted by Gasteiger charge is -2.46. The molecule has 0 heterocycles. The molecule has 1 N–H and O–H groups in total. The van der Waals surface area contributed by atoms with Crippen molar-refractivity contribution in [3.63, 3.8) is 0 Å². The van der Waals surface area contributed by atoms with Crippen molar-refractivity contribution >= 4 is 0 Å². The van der Waals surface area contributed by atoms with E-state index >= 15 is 0 Å². The molecule has 0 bridgehead atoms. The Bertz CT molecular complexity index is 249. The van der Waals surface area contributed by atoms with E-state index in [0.717, 1.165) is 24.9 Å². The standard InChI is InChI=1S/C16H31NO/c1-4-17-11-10-16(8-5-9-16)18-15-7-6-13(2)14(3)12-15/h13-15,17H,4-12H2,1-3H3. The maximum atomic E-state index is 6.54. The Labute approximate surface area is 113 Å². The summed E-state index contributed by atoms with van der Waals surface area (Å²) in [6, 6.07) is 0. The molecule has 2 fully saturated rings. The number of rotatable bonds is 6. The lowest BCUT2D eigenvalue weighted by atomic mass is 9.75. The lowest BCUT2D eigenvalue weighted by Crippen LogP contribution is -2.46. The molecule has 0 aromatic carbocycles. The molecule has 2 nitrogen and oxygen atoms in total. The normalized spacial score (nSPS) is 35.2. The van der Waals surface area contributed by atoms with Crippen molar-refractivity contribution in [2.75, 3.05) is 13.1 Å². The summed E-state index contributed by atoms with van der Waals surface area (Å²) in [5.74, 6) is 1.73. The van der Waals surface area contributed by atoms with E-state index in [9.17, 15) is 0 Å². The van der Waals surface area contributed by atoms with Gasteiger partial charge in [-0.15, -0.1) is 0 Å². The van der Waals surface area contributed by atoms with E-state index < -0.39 is 0 Å². The highest BCUT2D eigenvalue weighted by Gasteiger charge is 2.40. The average Bonchev–Trinajstić information content (AvgIpc) is 2.31. The minimum atomic E-state index is 0.243. The molecule has 2 aliphatic carbocycles. The fraction of sp³-hybridized carbons (Fsp3) is 1.00. The van der Waals surface area contributed by atoms with Crippen molar-refractivity contribution in [2.24, 2.45) is 11.8 Å². The molecule has 3 unspecified atom stereocenters. The van der Waals surface area contributed by atoms with Crippen LogP contribution in [0.15, 0.2) is 0 Å². The van der Waals surface area contributed by atoms with Crippen LogP contribution in [0.5, 0.6) is 0 Å². The van der Waals surface area contributed by atoms with Gasteiger partial charge in [-0.1, -0.05) is 20.8 Å². The molecule has 2 aliphatic rings. The van der Waals surface area contributed by atoms with Crippen molar-refractivity contribution in [1.29, 1.82) is 0 Å². The molecule has 0 aromatic heterocycles. The first-order chi connectivity index (χ1) is 8.65. The van der Waals surface area contributed by atoms with Crippen LogP contribution >= 0.6 is 0 Å². The summed E-state index contributed by atoms with van der Waals surface area (Å²) in [5, 5.41) is 3.45. The highest BCUT2D eigenvalue weighted by atomic mass is 16.5. The summed E-state index contributed by atoms with van der Waals surface area (Å²) in [4.78, 5) is 0. The van der Waals surface area contributed by atoms with E-state index in [1.54, 1.807) is 0 Å². The zero-order valence-electron chi connectivity index (χ0n) is 12.5.